The number of methoxy groups -OCH3 is 1. The zero-order valence-electron chi connectivity index (χ0n) is 15.7. The standard InChI is InChI=1S/C20H26FN3O.HI/c1-20(2,16-8-6-9-17(21)12-16)14-24-19(22-3)23-13-15-7-5-10-18(11-15)25-4;/h5-12H,13-14H2,1-4H3,(H2,22,23,24);1H. The Hall–Kier alpha value is -1.83. The molecule has 0 fully saturated rings. The normalized spacial score (nSPS) is 11.5. The van der Waals surface area contributed by atoms with E-state index >= 15 is 0 Å². The number of guanidine groups is 1. The number of benzene rings is 2. The highest BCUT2D eigenvalue weighted by molar-refractivity contribution is 14.0. The molecule has 0 saturated carbocycles. The number of ether oxygens (including phenoxy) is 1. The molecule has 0 saturated heterocycles. The lowest BCUT2D eigenvalue weighted by molar-refractivity contribution is 0.414. The maximum Gasteiger partial charge on any atom is 0.191 e. The zero-order valence-corrected chi connectivity index (χ0v) is 18.0. The molecule has 4 nitrogen and oxygen atoms in total. The summed E-state index contributed by atoms with van der Waals surface area (Å²) in [6.45, 7) is 5.42. The van der Waals surface area contributed by atoms with Crippen molar-refractivity contribution in [1.82, 2.24) is 10.6 Å². The molecular weight excluding hydrogens is 444 g/mol. The molecule has 0 heterocycles. The van der Waals surface area contributed by atoms with Gasteiger partial charge in [0.25, 0.3) is 0 Å². The summed E-state index contributed by atoms with van der Waals surface area (Å²) in [5.74, 6) is 1.31. The lowest BCUT2D eigenvalue weighted by atomic mass is 9.84. The first kappa shape index (κ1) is 22.2. The Morgan fingerprint density at radius 3 is 2.50 bits per heavy atom. The zero-order chi connectivity index (χ0) is 18.3. The van der Waals surface area contributed by atoms with E-state index in [9.17, 15) is 4.39 Å². The van der Waals surface area contributed by atoms with E-state index in [0.29, 0.717) is 19.0 Å². The molecule has 0 aliphatic carbocycles. The maximum atomic E-state index is 13.5. The van der Waals surface area contributed by atoms with Crippen LogP contribution in [0.4, 0.5) is 4.39 Å². The van der Waals surface area contributed by atoms with Crippen molar-refractivity contribution in [2.75, 3.05) is 20.7 Å². The topological polar surface area (TPSA) is 45.7 Å². The molecule has 142 valence electrons. The number of nitrogens with one attached hydrogen (secondary N) is 2. The smallest absolute Gasteiger partial charge is 0.191 e. The van der Waals surface area contributed by atoms with Crippen LogP contribution in [0.15, 0.2) is 53.5 Å². The van der Waals surface area contributed by atoms with Crippen LogP contribution in [0, 0.1) is 5.82 Å². The number of hydrogen-bond acceptors (Lipinski definition) is 2. The van der Waals surface area contributed by atoms with Crippen LogP contribution in [0.1, 0.15) is 25.0 Å². The monoisotopic (exact) mass is 471 g/mol. The maximum absolute atomic E-state index is 13.5. The summed E-state index contributed by atoms with van der Waals surface area (Å²) >= 11 is 0. The van der Waals surface area contributed by atoms with Crippen molar-refractivity contribution in [3.63, 3.8) is 0 Å². The van der Waals surface area contributed by atoms with Crippen molar-refractivity contribution in [3.8, 4) is 5.75 Å². The quantitative estimate of drug-likeness (QED) is 0.379. The predicted octanol–water partition coefficient (Wildman–Crippen LogP) is 4.10. The molecule has 0 unspecified atom stereocenters. The van der Waals surface area contributed by atoms with Crippen molar-refractivity contribution in [1.29, 1.82) is 0 Å². The van der Waals surface area contributed by atoms with E-state index in [2.05, 4.69) is 29.5 Å². The molecule has 26 heavy (non-hydrogen) atoms. The minimum atomic E-state index is -0.227. The van der Waals surface area contributed by atoms with Gasteiger partial charge in [0.15, 0.2) is 5.96 Å². The average Bonchev–Trinajstić information content (AvgIpc) is 2.62. The van der Waals surface area contributed by atoms with Gasteiger partial charge in [-0.15, -0.1) is 24.0 Å². The number of nitrogens with zero attached hydrogens (tertiary/aromatic N) is 1. The van der Waals surface area contributed by atoms with Crippen molar-refractivity contribution >= 4 is 29.9 Å². The van der Waals surface area contributed by atoms with Crippen LogP contribution in [0.5, 0.6) is 5.75 Å². The highest BCUT2D eigenvalue weighted by Crippen LogP contribution is 2.22. The fourth-order valence-electron chi connectivity index (χ4n) is 2.51. The summed E-state index contributed by atoms with van der Waals surface area (Å²) in [6.07, 6.45) is 0. The predicted molar refractivity (Wildman–Crippen MR) is 116 cm³/mol. The molecule has 0 amide bonds. The Balaban J connectivity index is 0.00000338. The molecule has 0 aromatic heterocycles. The first-order chi connectivity index (χ1) is 11.9. The van der Waals surface area contributed by atoms with Crippen LogP contribution in [-0.2, 0) is 12.0 Å². The summed E-state index contributed by atoms with van der Waals surface area (Å²) < 4.78 is 18.7. The van der Waals surface area contributed by atoms with Crippen LogP contribution in [-0.4, -0.2) is 26.7 Å². The highest BCUT2D eigenvalue weighted by atomic mass is 127. The molecule has 6 heteroatoms. The van der Waals surface area contributed by atoms with Gasteiger partial charge in [-0.2, -0.15) is 0 Å². The van der Waals surface area contributed by atoms with Gasteiger partial charge >= 0.3 is 0 Å². The Labute approximate surface area is 172 Å². The Bertz CT molecular complexity index is 735. The van der Waals surface area contributed by atoms with Gasteiger partial charge in [0.1, 0.15) is 11.6 Å². The van der Waals surface area contributed by atoms with Crippen LogP contribution >= 0.6 is 24.0 Å². The first-order valence-electron chi connectivity index (χ1n) is 8.28. The summed E-state index contributed by atoms with van der Waals surface area (Å²) in [5.41, 5.74) is 1.82. The second-order valence-corrected chi connectivity index (χ2v) is 6.53. The molecule has 2 N–H and O–H groups in total. The number of aliphatic imine (C=N–C) groups is 1. The van der Waals surface area contributed by atoms with Crippen LogP contribution in [0.25, 0.3) is 0 Å². The van der Waals surface area contributed by atoms with Gasteiger partial charge in [-0.05, 0) is 35.4 Å². The van der Waals surface area contributed by atoms with Crippen LogP contribution in [0.2, 0.25) is 0 Å². The fourth-order valence-corrected chi connectivity index (χ4v) is 2.51. The Morgan fingerprint density at radius 1 is 1.12 bits per heavy atom. The highest BCUT2D eigenvalue weighted by Gasteiger charge is 2.21. The molecule has 2 rings (SSSR count). The van der Waals surface area contributed by atoms with Crippen molar-refractivity contribution in [3.05, 3.63) is 65.5 Å². The Kier molecular flexibility index (Phi) is 8.84. The van der Waals surface area contributed by atoms with Gasteiger partial charge in [-0.25, -0.2) is 4.39 Å². The van der Waals surface area contributed by atoms with Gasteiger partial charge in [0.2, 0.25) is 0 Å². The van der Waals surface area contributed by atoms with Gasteiger partial charge in [0, 0.05) is 25.6 Å². The van der Waals surface area contributed by atoms with Crippen molar-refractivity contribution < 1.29 is 9.13 Å². The summed E-state index contributed by atoms with van der Waals surface area (Å²) in [5, 5.41) is 6.59. The average molecular weight is 471 g/mol. The van der Waals surface area contributed by atoms with Crippen LogP contribution < -0.4 is 15.4 Å². The summed E-state index contributed by atoms with van der Waals surface area (Å²) in [7, 11) is 3.39. The second kappa shape index (κ2) is 10.4. The lowest BCUT2D eigenvalue weighted by Crippen LogP contribution is -2.43. The summed E-state index contributed by atoms with van der Waals surface area (Å²) in [4.78, 5) is 4.25. The third-order valence-corrected chi connectivity index (χ3v) is 4.12. The third-order valence-electron chi connectivity index (χ3n) is 4.12. The van der Waals surface area contributed by atoms with E-state index in [-0.39, 0.29) is 35.2 Å². The van der Waals surface area contributed by atoms with E-state index in [1.807, 2.05) is 30.3 Å². The minimum absolute atomic E-state index is 0. The molecule has 0 radical (unpaired) electrons. The first-order valence-corrected chi connectivity index (χ1v) is 8.28. The number of rotatable bonds is 6. The van der Waals surface area contributed by atoms with Gasteiger partial charge in [-0.1, -0.05) is 38.1 Å². The molecule has 0 atom stereocenters. The van der Waals surface area contributed by atoms with Crippen molar-refractivity contribution in [2.45, 2.75) is 25.8 Å². The van der Waals surface area contributed by atoms with Gasteiger partial charge < -0.3 is 15.4 Å². The molecule has 0 aliphatic rings. The Morgan fingerprint density at radius 2 is 1.85 bits per heavy atom. The van der Waals surface area contributed by atoms with Crippen molar-refractivity contribution in [2.24, 2.45) is 4.99 Å². The largest absolute Gasteiger partial charge is 0.497 e. The second-order valence-electron chi connectivity index (χ2n) is 6.53. The van der Waals surface area contributed by atoms with Crippen LogP contribution in [0.3, 0.4) is 0 Å². The molecule has 0 aliphatic heterocycles. The number of hydrogen-bond donors (Lipinski definition) is 2. The summed E-state index contributed by atoms with van der Waals surface area (Å²) in [6, 6.07) is 14.6. The van der Waals surface area contributed by atoms with E-state index in [0.717, 1.165) is 16.9 Å². The molecule has 0 bridgehead atoms. The third kappa shape index (κ3) is 6.48. The number of halogens is 2. The van der Waals surface area contributed by atoms with E-state index in [1.54, 1.807) is 26.3 Å². The molecule has 2 aromatic rings. The molecule has 0 spiro atoms. The van der Waals surface area contributed by atoms with Gasteiger partial charge in [-0.3, -0.25) is 4.99 Å². The SMILES string of the molecule is CN=C(NCc1cccc(OC)c1)NCC(C)(C)c1cccc(F)c1.I. The van der Waals surface area contributed by atoms with E-state index in [4.69, 9.17) is 4.74 Å². The van der Waals surface area contributed by atoms with E-state index in [1.165, 1.54) is 6.07 Å². The minimum Gasteiger partial charge on any atom is -0.497 e. The van der Waals surface area contributed by atoms with E-state index < -0.39 is 0 Å². The fraction of sp³-hybridized carbons (Fsp3) is 0.350. The van der Waals surface area contributed by atoms with Gasteiger partial charge in [0.05, 0.1) is 7.11 Å². The molecule has 2 aromatic carbocycles. The molecular formula is C20H27FIN3O. The lowest BCUT2D eigenvalue weighted by Gasteiger charge is -2.27.